The fourth-order valence-electron chi connectivity index (χ4n) is 3.39. The number of hydrogen-bond donors (Lipinski definition) is 1. The summed E-state index contributed by atoms with van der Waals surface area (Å²) < 4.78 is 1.12. The first kappa shape index (κ1) is 13.8. The summed E-state index contributed by atoms with van der Waals surface area (Å²) in [7, 11) is 0. The van der Waals surface area contributed by atoms with Gasteiger partial charge >= 0.3 is 0 Å². The van der Waals surface area contributed by atoms with Crippen LogP contribution in [0.2, 0.25) is 0 Å². The van der Waals surface area contributed by atoms with Gasteiger partial charge in [0.25, 0.3) is 0 Å². The predicted molar refractivity (Wildman–Crippen MR) is 85.3 cm³/mol. The zero-order valence-corrected chi connectivity index (χ0v) is 12.5. The number of fused-ring (bicyclic) bond motifs is 1. The Morgan fingerprint density at radius 1 is 1.15 bits per heavy atom. The van der Waals surface area contributed by atoms with Crippen LogP contribution in [0.15, 0.2) is 29.6 Å². The van der Waals surface area contributed by atoms with E-state index in [0.717, 1.165) is 35.9 Å². The van der Waals surface area contributed by atoms with Gasteiger partial charge in [-0.25, -0.2) is 0 Å². The van der Waals surface area contributed by atoms with Crippen molar-refractivity contribution in [2.24, 2.45) is 11.1 Å². The molecule has 0 radical (unpaired) electrons. The Kier molecular flexibility index (Phi) is 3.90. The Balaban J connectivity index is 2.03. The average Bonchev–Trinajstić information content (AvgIpc) is 2.83. The highest BCUT2D eigenvalue weighted by Crippen LogP contribution is 2.39. The monoisotopic (exact) mass is 287 g/mol. The van der Waals surface area contributed by atoms with Crippen LogP contribution < -0.4 is 5.73 Å². The Hall–Kier alpha value is -1.19. The number of rotatable bonds is 3. The fourth-order valence-corrected chi connectivity index (χ4v) is 4.30. The van der Waals surface area contributed by atoms with Crippen molar-refractivity contribution < 1.29 is 4.79 Å². The highest BCUT2D eigenvalue weighted by molar-refractivity contribution is 7.17. The first-order valence-corrected chi connectivity index (χ1v) is 8.36. The van der Waals surface area contributed by atoms with Gasteiger partial charge in [-0.1, -0.05) is 37.8 Å². The Morgan fingerprint density at radius 3 is 2.60 bits per heavy atom. The van der Waals surface area contributed by atoms with E-state index in [1.165, 1.54) is 18.2 Å². The SMILES string of the molecule is NCC1(C(=O)c2cccc3ccsc23)CCCCCC1. The van der Waals surface area contributed by atoms with E-state index in [-0.39, 0.29) is 11.2 Å². The van der Waals surface area contributed by atoms with E-state index in [4.69, 9.17) is 5.73 Å². The maximum atomic E-state index is 13.1. The third-order valence-electron chi connectivity index (χ3n) is 4.66. The van der Waals surface area contributed by atoms with Crippen LogP contribution in [0.25, 0.3) is 10.1 Å². The number of nitrogens with two attached hydrogens (primary N) is 1. The molecule has 0 atom stereocenters. The van der Waals surface area contributed by atoms with Gasteiger partial charge in [0.2, 0.25) is 0 Å². The Labute approximate surface area is 124 Å². The minimum Gasteiger partial charge on any atom is -0.329 e. The lowest BCUT2D eigenvalue weighted by Gasteiger charge is -2.30. The molecule has 3 heteroatoms. The minimum atomic E-state index is -0.325. The van der Waals surface area contributed by atoms with Gasteiger partial charge in [0.15, 0.2) is 5.78 Å². The van der Waals surface area contributed by atoms with Crippen molar-refractivity contribution in [2.75, 3.05) is 6.54 Å². The molecule has 1 heterocycles. The second kappa shape index (κ2) is 5.66. The molecule has 0 unspecified atom stereocenters. The number of thiophene rings is 1. The maximum Gasteiger partial charge on any atom is 0.171 e. The van der Waals surface area contributed by atoms with Crippen LogP contribution in [-0.2, 0) is 0 Å². The number of carbonyl (C=O) groups is 1. The van der Waals surface area contributed by atoms with E-state index in [9.17, 15) is 4.79 Å². The normalized spacial score (nSPS) is 18.9. The molecular formula is C17H21NOS. The average molecular weight is 287 g/mol. The van der Waals surface area contributed by atoms with Crippen molar-refractivity contribution in [1.29, 1.82) is 0 Å². The van der Waals surface area contributed by atoms with E-state index in [1.807, 2.05) is 12.1 Å². The largest absolute Gasteiger partial charge is 0.329 e. The van der Waals surface area contributed by atoms with Gasteiger partial charge in [-0.15, -0.1) is 11.3 Å². The van der Waals surface area contributed by atoms with E-state index >= 15 is 0 Å². The lowest BCUT2D eigenvalue weighted by atomic mass is 9.74. The summed E-state index contributed by atoms with van der Waals surface area (Å²) in [5.74, 6) is 0.273. The van der Waals surface area contributed by atoms with Crippen molar-refractivity contribution in [3.63, 3.8) is 0 Å². The summed E-state index contributed by atoms with van der Waals surface area (Å²) in [4.78, 5) is 13.1. The molecule has 1 saturated carbocycles. The summed E-state index contributed by atoms with van der Waals surface area (Å²) in [5.41, 5.74) is 6.60. The fraction of sp³-hybridized carbons (Fsp3) is 0.471. The summed E-state index contributed by atoms with van der Waals surface area (Å²) in [5, 5.41) is 3.23. The molecule has 1 aliphatic rings. The van der Waals surface area contributed by atoms with Crippen molar-refractivity contribution in [3.05, 3.63) is 35.2 Å². The van der Waals surface area contributed by atoms with Gasteiger partial charge in [0.05, 0.1) is 0 Å². The second-order valence-electron chi connectivity index (χ2n) is 5.87. The minimum absolute atomic E-state index is 0.273. The van der Waals surface area contributed by atoms with Crippen LogP contribution in [0.1, 0.15) is 48.9 Å². The lowest BCUT2D eigenvalue weighted by Crippen LogP contribution is -2.38. The number of Topliss-reactive ketones (excluding diaryl/α,β-unsaturated/α-hetero) is 1. The van der Waals surface area contributed by atoms with E-state index < -0.39 is 0 Å². The topological polar surface area (TPSA) is 43.1 Å². The van der Waals surface area contributed by atoms with Crippen LogP contribution in [0, 0.1) is 5.41 Å². The number of hydrogen-bond acceptors (Lipinski definition) is 3. The molecule has 2 aromatic rings. The molecule has 20 heavy (non-hydrogen) atoms. The standard InChI is InChI=1S/C17H21NOS/c18-12-17(9-3-1-2-4-10-17)16(19)14-7-5-6-13-8-11-20-15(13)14/h5-8,11H,1-4,9-10,12,18H2. The van der Waals surface area contributed by atoms with Gasteiger partial charge in [-0.2, -0.15) is 0 Å². The quantitative estimate of drug-likeness (QED) is 0.672. The molecule has 1 fully saturated rings. The van der Waals surface area contributed by atoms with E-state index in [2.05, 4.69) is 17.5 Å². The maximum absolute atomic E-state index is 13.1. The van der Waals surface area contributed by atoms with Gasteiger partial charge in [0.1, 0.15) is 0 Å². The first-order valence-electron chi connectivity index (χ1n) is 7.48. The lowest BCUT2D eigenvalue weighted by molar-refractivity contribution is 0.0776. The molecule has 0 saturated heterocycles. The van der Waals surface area contributed by atoms with Crippen molar-refractivity contribution in [2.45, 2.75) is 38.5 Å². The van der Waals surface area contributed by atoms with Gasteiger partial charge in [-0.3, -0.25) is 4.79 Å². The summed E-state index contributed by atoms with van der Waals surface area (Å²) in [6.45, 7) is 0.480. The van der Waals surface area contributed by atoms with Gasteiger partial charge in [-0.05, 0) is 35.7 Å². The first-order chi connectivity index (χ1) is 9.77. The zero-order valence-electron chi connectivity index (χ0n) is 11.7. The third-order valence-corrected chi connectivity index (χ3v) is 5.62. The number of ketones is 1. The van der Waals surface area contributed by atoms with Crippen molar-refractivity contribution >= 4 is 27.2 Å². The van der Waals surface area contributed by atoms with Crippen LogP contribution in [-0.4, -0.2) is 12.3 Å². The molecule has 1 aromatic carbocycles. The Morgan fingerprint density at radius 2 is 1.90 bits per heavy atom. The summed E-state index contributed by atoms with van der Waals surface area (Å²) in [6.07, 6.45) is 6.62. The number of carbonyl (C=O) groups excluding carboxylic acids is 1. The van der Waals surface area contributed by atoms with E-state index in [1.54, 1.807) is 11.3 Å². The third kappa shape index (κ3) is 2.29. The highest BCUT2D eigenvalue weighted by atomic mass is 32.1. The van der Waals surface area contributed by atoms with Crippen molar-refractivity contribution in [3.8, 4) is 0 Å². The van der Waals surface area contributed by atoms with E-state index in [0.29, 0.717) is 6.54 Å². The van der Waals surface area contributed by atoms with Crippen LogP contribution >= 0.6 is 11.3 Å². The zero-order chi connectivity index (χ0) is 14.0. The summed E-state index contributed by atoms with van der Waals surface area (Å²) >= 11 is 1.66. The molecule has 0 bridgehead atoms. The molecule has 3 rings (SSSR count). The second-order valence-corrected chi connectivity index (χ2v) is 6.79. The molecule has 2 nitrogen and oxygen atoms in total. The molecular weight excluding hydrogens is 266 g/mol. The summed E-state index contributed by atoms with van der Waals surface area (Å²) in [6, 6.07) is 8.12. The van der Waals surface area contributed by atoms with Crippen LogP contribution in [0.5, 0.6) is 0 Å². The number of benzene rings is 1. The highest BCUT2D eigenvalue weighted by Gasteiger charge is 2.38. The predicted octanol–water partition coefficient (Wildman–Crippen LogP) is 4.38. The molecule has 0 spiro atoms. The molecule has 0 amide bonds. The molecule has 106 valence electrons. The molecule has 1 aliphatic carbocycles. The Bertz CT molecular complexity index is 608. The molecule has 1 aromatic heterocycles. The molecule has 2 N–H and O–H groups in total. The van der Waals surface area contributed by atoms with Crippen molar-refractivity contribution in [1.82, 2.24) is 0 Å². The van der Waals surface area contributed by atoms with Crippen LogP contribution in [0.3, 0.4) is 0 Å². The van der Waals surface area contributed by atoms with Crippen LogP contribution in [0.4, 0.5) is 0 Å². The van der Waals surface area contributed by atoms with Gasteiger partial charge in [0, 0.05) is 22.2 Å². The molecule has 0 aliphatic heterocycles. The smallest absolute Gasteiger partial charge is 0.171 e. The van der Waals surface area contributed by atoms with Gasteiger partial charge < -0.3 is 5.73 Å².